The predicted octanol–water partition coefficient (Wildman–Crippen LogP) is 5.42. The molecule has 0 radical (unpaired) electrons. The van der Waals surface area contributed by atoms with Gasteiger partial charge in [-0.2, -0.15) is 5.10 Å². The van der Waals surface area contributed by atoms with Crippen LogP contribution in [-0.4, -0.2) is 17.3 Å². The van der Waals surface area contributed by atoms with Gasteiger partial charge in [-0.25, -0.2) is 0 Å². The number of aromatic amines is 1. The minimum absolute atomic E-state index is 0.842. The van der Waals surface area contributed by atoms with E-state index in [1.54, 1.807) is 7.11 Å². The Balaban J connectivity index is 1.93. The summed E-state index contributed by atoms with van der Waals surface area (Å²) in [6, 6.07) is 28.6. The van der Waals surface area contributed by atoms with E-state index in [0.717, 1.165) is 39.4 Å². The Kier molecular flexibility index (Phi) is 4.05. The molecule has 122 valence electrons. The number of hydrogen-bond acceptors (Lipinski definition) is 2. The van der Waals surface area contributed by atoms with Crippen molar-refractivity contribution < 1.29 is 4.74 Å². The molecule has 3 heteroatoms. The van der Waals surface area contributed by atoms with Crippen molar-refractivity contribution in [3.05, 3.63) is 84.9 Å². The maximum atomic E-state index is 5.29. The van der Waals surface area contributed by atoms with Crippen LogP contribution in [0.4, 0.5) is 0 Å². The number of nitrogens with one attached hydrogen (secondary N) is 1. The summed E-state index contributed by atoms with van der Waals surface area (Å²) in [5, 5.41) is 7.86. The standard InChI is InChI=1S/C22H18N2O/c1-25-19-14-12-16(13-15-19)20-21(17-8-4-2-5-9-17)23-24-22(20)18-10-6-3-7-11-18/h2-15H,1H3,(H,23,24). The van der Waals surface area contributed by atoms with Crippen LogP contribution in [0.2, 0.25) is 0 Å². The average Bonchev–Trinajstić information content (AvgIpc) is 3.14. The van der Waals surface area contributed by atoms with Crippen LogP contribution in [0.1, 0.15) is 0 Å². The third-order valence-corrected chi connectivity index (χ3v) is 4.25. The Bertz CT molecular complexity index is 901. The molecule has 1 aromatic heterocycles. The van der Waals surface area contributed by atoms with Crippen molar-refractivity contribution in [3.8, 4) is 39.4 Å². The zero-order valence-corrected chi connectivity index (χ0v) is 13.9. The first-order valence-electron chi connectivity index (χ1n) is 8.20. The van der Waals surface area contributed by atoms with Crippen LogP contribution in [0.3, 0.4) is 0 Å². The van der Waals surface area contributed by atoms with Gasteiger partial charge in [0.05, 0.1) is 12.8 Å². The molecule has 1 heterocycles. The highest BCUT2D eigenvalue weighted by molar-refractivity contribution is 5.91. The van der Waals surface area contributed by atoms with E-state index in [1.807, 2.05) is 48.5 Å². The van der Waals surface area contributed by atoms with Crippen LogP contribution in [0.15, 0.2) is 84.9 Å². The lowest BCUT2D eigenvalue weighted by Crippen LogP contribution is -1.87. The first kappa shape index (κ1) is 15.2. The van der Waals surface area contributed by atoms with E-state index in [2.05, 4.69) is 46.6 Å². The van der Waals surface area contributed by atoms with E-state index in [4.69, 9.17) is 4.74 Å². The van der Waals surface area contributed by atoms with Gasteiger partial charge in [0.25, 0.3) is 0 Å². The molecular weight excluding hydrogens is 308 g/mol. The van der Waals surface area contributed by atoms with Crippen molar-refractivity contribution in [1.82, 2.24) is 10.2 Å². The minimum Gasteiger partial charge on any atom is -0.497 e. The summed E-state index contributed by atoms with van der Waals surface area (Å²) >= 11 is 0. The first-order chi connectivity index (χ1) is 12.4. The summed E-state index contributed by atoms with van der Waals surface area (Å²) < 4.78 is 5.29. The first-order valence-corrected chi connectivity index (χ1v) is 8.20. The molecule has 25 heavy (non-hydrogen) atoms. The zero-order valence-electron chi connectivity index (χ0n) is 13.9. The van der Waals surface area contributed by atoms with Gasteiger partial charge in [-0.1, -0.05) is 72.8 Å². The van der Waals surface area contributed by atoms with Gasteiger partial charge >= 0.3 is 0 Å². The van der Waals surface area contributed by atoms with Crippen LogP contribution < -0.4 is 4.74 Å². The summed E-state index contributed by atoms with van der Waals surface area (Å²) in [5.41, 5.74) is 6.37. The highest BCUT2D eigenvalue weighted by Gasteiger charge is 2.17. The molecule has 4 rings (SSSR count). The molecule has 1 N–H and O–H groups in total. The highest BCUT2D eigenvalue weighted by Crippen LogP contribution is 2.38. The fourth-order valence-electron chi connectivity index (χ4n) is 3.00. The molecule has 3 aromatic carbocycles. The number of methoxy groups -OCH3 is 1. The van der Waals surface area contributed by atoms with Crippen molar-refractivity contribution in [1.29, 1.82) is 0 Å². The van der Waals surface area contributed by atoms with Gasteiger partial charge in [-0.3, -0.25) is 5.10 Å². The Labute approximate surface area is 146 Å². The summed E-state index contributed by atoms with van der Waals surface area (Å²) in [6.45, 7) is 0. The number of benzene rings is 3. The van der Waals surface area contributed by atoms with Crippen LogP contribution in [-0.2, 0) is 0 Å². The molecule has 3 nitrogen and oxygen atoms in total. The Morgan fingerprint density at radius 2 is 1.28 bits per heavy atom. The van der Waals surface area contributed by atoms with Gasteiger partial charge in [-0.15, -0.1) is 0 Å². The van der Waals surface area contributed by atoms with E-state index >= 15 is 0 Å². The molecule has 0 spiro atoms. The van der Waals surface area contributed by atoms with Crippen molar-refractivity contribution in [2.24, 2.45) is 0 Å². The molecule has 0 saturated heterocycles. The molecule has 0 aliphatic carbocycles. The molecule has 0 saturated carbocycles. The van der Waals surface area contributed by atoms with Crippen LogP contribution in [0.5, 0.6) is 5.75 Å². The number of H-pyrrole nitrogens is 1. The number of nitrogens with zero attached hydrogens (tertiary/aromatic N) is 1. The van der Waals surface area contributed by atoms with Crippen molar-refractivity contribution in [3.63, 3.8) is 0 Å². The van der Waals surface area contributed by atoms with Crippen LogP contribution >= 0.6 is 0 Å². The van der Waals surface area contributed by atoms with Gasteiger partial charge in [0.2, 0.25) is 0 Å². The molecule has 0 bridgehead atoms. The smallest absolute Gasteiger partial charge is 0.118 e. The van der Waals surface area contributed by atoms with E-state index in [9.17, 15) is 0 Å². The lowest BCUT2D eigenvalue weighted by atomic mass is 9.96. The van der Waals surface area contributed by atoms with Crippen LogP contribution in [0, 0.1) is 0 Å². The summed E-state index contributed by atoms with van der Waals surface area (Å²) in [7, 11) is 1.68. The van der Waals surface area contributed by atoms with E-state index < -0.39 is 0 Å². The maximum absolute atomic E-state index is 5.29. The fraction of sp³-hybridized carbons (Fsp3) is 0.0455. The summed E-state index contributed by atoms with van der Waals surface area (Å²) in [4.78, 5) is 0. The summed E-state index contributed by atoms with van der Waals surface area (Å²) in [5.74, 6) is 0.842. The van der Waals surface area contributed by atoms with Gasteiger partial charge in [-0.05, 0) is 17.7 Å². The largest absolute Gasteiger partial charge is 0.497 e. The predicted molar refractivity (Wildman–Crippen MR) is 101 cm³/mol. The fourth-order valence-corrected chi connectivity index (χ4v) is 3.00. The van der Waals surface area contributed by atoms with E-state index in [-0.39, 0.29) is 0 Å². The zero-order chi connectivity index (χ0) is 17.1. The topological polar surface area (TPSA) is 37.9 Å². The second-order valence-corrected chi connectivity index (χ2v) is 5.78. The van der Waals surface area contributed by atoms with Gasteiger partial charge in [0.1, 0.15) is 11.4 Å². The third-order valence-electron chi connectivity index (χ3n) is 4.25. The molecular formula is C22H18N2O. The normalized spacial score (nSPS) is 10.6. The lowest BCUT2D eigenvalue weighted by Gasteiger charge is -2.08. The van der Waals surface area contributed by atoms with Crippen molar-refractivity contribution in [2.75, 3.05) is 7.11 Å². The maximum Gasteiger partial charge on any atom is 0.118 e. The summed E-state index contributed by atoms with van der Waals surface area (Å²) in [6.07, 6.45) is 0. The molecule has 4 aromatic rings. The second kappa shape index (κ2) is 6.65. The SMILES string of the molecule is COc1ccc(-c2c(-c3ccccc3)n[nH]c2-c2ccccc2)cc1. The molecule has 0 atom stereocenters. The Morgan fingerprint density at radius 3 is 1.88 bits per heavy atom. The molecule has 0 aliphatic heterocycles. The monoisotopic (exact) mass is 326 g/mol. The van der Waals surface area contributed by atoms with E-state index in [1.165, 1.54) is 0 Å². The minimum atomic E-state index is 0.842. The van der Waals surface area contributed by atoms with Crippen molar-refractivity contribution >= 4 is 0 Å². The van der Waals surface area contributed by atoms with Gasteiger partial charge in [0.15, 0.2) is 0 Å². The van der Waals surface area contributed by atoms with Gasteiger partial charge in [0, 0.05) is 16.7 Å². The Morgan fingerprint density at radius 1 is 0.680 bits per heavy atom. The molecule has 0 aliphatic rings. The lowest BCUT2D eigenvalue weighted by molar-refractivity contribution is 0.415. The molecule has 0 unspecified atom stereocenters. The number of ether oxygens (including phenoxy) is 1. The number of aromatic nitrogens is 2. The molecule has 0 fully saturated rings. The third kappa shape index (κ3) is 2.92. The number of rotatable bonds is 4. The second-order valence-electron chi connectivity index (χ2n) is 5.78. The highest BCUT2D eigenvalue weighted by atomic mass is 16.5. The van der Waals surface area contributed by atoms with E-state index in [0.29, 0.717) is 0 Å². The number of hydrogen-bond donors (Lipinski definition) is 1. The van der Waals surface area contributed by atoms with Gasteiger partial charge < -0.3 is 4.74 Å². The average molecular weight is 326 g/mol. The quantitative estimate of drug-likeness (QED) is 0.544. The Hall–Kier alpha value is -3.33. The van der Waals surface area contributed by atoms with Crippen LogP contribution in [0.25, 0.3) is 33.6 Å². The van der Waals surface area contributed by atoms with Crippen molar-refractivity contribution in [2.45, 2.75) is 0 Å². The molecule has 0 amide bonds.